The molecule has 4 N–H and O–H groups in total. The predicted octanol–water partition coefficient (Wildman–Crippen LogP) is 3.90. The number of hydrogen-bond donors (Lipinski definition) is 2. The molecule has 0 aliphatic heterocycles. The van der Waals surface area contributed by atoms with Gasteiger partial charge in [0.05, 0.1) is 11.7 Å². The van der Waals surface area contributed by atoms with Crippen LogP contribution in [0.1, 0.15) is 16.5 Å². The zero-order valence-electron chi connectivity index (χ0n) is 8.28. The van der Waals surface area contributed by atoms with E-state index in [9.17, 15) is 0 Å². The standard InChI is InChI=1S/C11H10Br2N2S/c12-6-4-7(10(14)8(13)5-6)11(15)9-2-1-3-16-9/h1-5,11H,14-15H2/t11-/m0/s1. The van der Waals surface area contributed by atoms with Crippen LogP contribution < -0.4 is 11.5 Å². The number of thiophene rings is 1. The minimum Gasteiger partial charge on any atom is -0.398 e. The molecule has 0 unspecified atom stereocenters. The zero-order valence-corrected chi connectivity index (χ0v) is 12.3. The smallest absolute Gasteiger partial charge is 0.0667 e. The molecule has 0 saturated carbocycles. The highest BCUT2D eigenvalue weighted by Gasteiger charge is 2.15. The van der Waals surface area contributed by atoms with Gasteiger partial charge in [-0.2, -0.15) is 0 Å². The number of rotatable bonds is 2. The van der Waals surface area contributed by atoms with Crippen LogP contribution in [-0.2, 0) is 0 Å². The average molecular weight is 362 g/mol. The molecule has 0 spiro atoms. The molecule has 2 aromatic rings. The van der Waals surface area contributed by atoms with Crippen molar-refractivity contribution in [3.05, 3.63) is 49.0 Å². The molecule has 1 aromatic heterocycles. The third kappa shape index (κ3) is 2.32. The highest BCUT2D eigenvalue weighted by atomic mass is 79.9. The monoisotopic (exact) mass is 360 g/mol. The first-order valence-electron chi connectivity index (χ1n) is 4.63. The van der Waals surface area contributed by atoms with Gasteiger partial charge in [-0.15, -0.1) is 11.3 Å². The van der Waals surface area contributed by atoms with Crippen molar-refractivity contribution in [1.29, 1.82) is 0 Å². The molecular formula is C11H10Br2N2S. The third-order valence-electron chi connectivity index (χ3n) is 2.31. The van der Waals surface area contributed by atoms with Crippen LogP contribution in [0.3, 0.4) is 0 Å². The Morgan fingerprint density at radius 3 is 2.62 bits per heavy atom. The van der Waals surface area contributed by atoms with E-state index in [-0.39, 0.29) is 6.04 Å². The van der Waals surface area contributed by atoms with Crippen LogP contribution >= 0.6 is 43.2 Å². The van der Waals surface area contributed by atoms with Gasteiger partial charge in [-0.05, 0) is 45.1 Å². The van der Waals surface area contributed by atoms with Gasteiger partial charge in [-0.1, -0.05) is 22.0 Å². The molecule has 0 bridgehead atoms. The lowest BCUT2D eigenvalue weighted by Gasteiger charge is -2.14. The van der Waals surface area contributed by atoms with Crippen molar-refractivity contribution < 1.29 is 0 Å². The maximum absolute atomic E-state index is 6.19. The second-order valence-electron chi connectivity index (χ2n) is 3.38. The molecule has 0 aliphatic carbocycles. The largest absolute Gasteiger partial charge is 0.398 e. The van der Waals surface area contributed by atoms with Crippen LogP contribution in [-0.4, -0.2) is 0 Å². The van der Waals surface area contributed by atoms with Crippen molar-refractivity contribution in [2.45, 2.75) is 6.04 Å². The second-order valence-corrected chi connectivity index (χ2v) is 6.13. The number of benzene rings is 1. The van der Waals surface area contributed by atoms with E-state index in [0.29, 0.717) is 5.69 Å². The quantitative estimate of drug-likeness (QED) is 0.797. The van der Waals surface area contributed by atoms with E-state index in [1.54, 1.807) is 11.3 Å². The Balaban J connectivity index is 2.48. The summed E-state index contributed by atoms with van der Waals surface area (Å²) >= 11 is 8.50. The molecular weight excluding hydrogens is 352 g/mol. The Morgan fingerprint density at radius 2 is 2.00 bits per heavy atom. The van der Waals surface area contributed by atoms with Gasteiger partial charge < -0.3 is 11.5 Å². The lowest BCUT2D eigenvalue weighted by molar-refractivity contribution is 0.895. The van der Waals surface area contributed by atoms with E-state index >= 15 is 0 Å². The highest BCUT2D eigenvalue weighted by molar-refractivity contribution is 9.11. The van der Waals surface area contributed by atoms with E-state index in [0.717, 1.165) is 19.4 Å². The Morgan fingerprint density at radius 1 is 1.25 bits per heavy atom. The first-order chi connectivity index (χ1) is 7.59. The van der Waals surface area contributed by atoms with Gasteiger partial charge in [0.2, 0.25) is 0 Å². The van der Waals surface area contributed by atoms with Gasteiger partial charge in [-0.3, -0.25) is 0 Å². The van der Waals surface area contributed by atoms with E-state index in [1.807, 2.05) is 29.6 Å². The lowest BCUT2D eigenvalue weighted by atomic mass is 10.0. The number of nitrogens with two attached hydrogens (primary N) is 2. The first-order valence-corrected chi connectivity index (χ1v) is 7.09. The van der Waals surface area contributed by atoms with Crippen molar-refractivity contribution in [2.24, 2.45) is 5.73 Å². The van der Waals surface area contributed by atoms with Crippen LogP contribution in [0.5, 0.6) is 0 Å². The maximum Gasteiger partial charge on any atom is 0.0667 e. The van der Waals surface area contributed by atoms with Gasteiger partial charge in [0.25, 0.3) is 0 Å². The predicted molar refractivity (Wildman–Crippen MR) is 76.6 cm³/mol. The summed E-state index contributed by atoms with van der Waals surface area (Å²) in [6.07, 6.45) is 0. The summed E-state index contributed by atoms with van der Waals surface area (Å²) in [5.41, 5.74) is 13.8. The molecule has 84 valence electrons. The SMILES string of the molecule is Nc1c(Br)cc(Br)cc1[C@H](N)c1cccs1. The van der Waals surface area contributed by atoms with E-state index in [4.69, 9.17) is 11.5 Å². The van der Waals surface area contributed by atoms with Crippen molar-refractivity contribution in [1.82, 2.24) is 0 Å². The molecule has 2 nitrogen and oxygen atoms in total. The Bertz CT molecular complexity index is 497. The van der Waals surface area contributed by atoms with Gasteiger partial charge in [0.1, 0.15) is 0 Å². The molecule has 0 aliphatic rings. The van der Waals surface area contributed by atoms with Gasteiger partial charge >= 0.3 is 0 Å². The second kappa shape index (κ2) is 4.87. The Kier molecular flexibility index (Phi) is 3.69. The summed E-state index contributed by atoms with van der Waals surface area (Å²) in [6, 6.07) is 7.71. The topological polar surface area (TPSA) is 52.0 Å². The average Bonchev–Trinajstić information content (AvgIpc) is 2.75. The van der Waals surface area contributed by atoms with E-state index < -0.39 is 0 Å². The normalized spacial score (nSPS) is 12.7. The van der Waals surface area contributed by atoms with Crippen LogP contribution in [0.4, 0.5) is 5.69 Å². The van der Waals surface area contributed by atoms with Gasteiger partial charge in [0, 0.05) is 13.8 Å². The number of anilines is 1. The van der Waals surface area contributed by atoms with E-state index in [2.05, 4.69) is 31.9 Å². The molecule has 1 heterocycles. The summed E-state index contributed by atoms with van der Waals surface area (Å²) in [7, 11) is 0. The molecule has 0 amide bonds. The molecule has 5 heteroatoms. The van der Waals surface area contributed by atoms with Crippen LogP contribution in [0.2, 0.25) is 0 Å². The molecule has 0 fully saturated rings. The fraction of sp³-hybridized carbons (Fsp3) is 0.0909. The fourth-order valence-corrected chi connectivity index (χ4v) is 3.49. The van der Waals surface area contributed by atoms with Crippen molar-refractivity contribution in [3.8, 4) is 0 Å². The minimum absolute atomic E-state index is 0.172. The molecule has 2 rings (SSSR count). The summed E-state index contributed by atoms with van der Waals surface area (Å²) in [6.45, 7) is 0. The highest BCUT2D eigenvalue weighted by Crippen LogP contribution is 2.34. The molecule has 0 saturated heterocycles. The Hall–Kier alpha value is -0.360. The number of halogens is 2. The van der Waals surface area contributed by atoms with Crippen LogP contribution in [0, 0.1) is 0 Å². The fourth-order valence-electron chi connectivity index (χ4n) is 1.48. The van der Waals surface area contributed by atoms with Crippen molar-refractivity contribution >= 4 is 48.9 Å². The summed E-state index contributed by atoms with van der Waals surface area (Å²) in [5.74, 6) is 0. The van der Waals surface area contributed by atoms with Gasteiger partial charge in [-0.25, -0.2) is 0 Å². The van der Waals surface area contributed by atoms with E-state index in [1.165, 1.54) is 0 Å². The Labute approximate surface area is 115 Å². The van der Waals surface area contributed by atoms with Crippen molar-refractivity contribution in [3.63, 3.8) is 0 Å². The minimum atomic E-state index is -0.172. The number of nitrogen functional groups attached to an aromatic ring is 1. The van der Waals surface area contributed by atoms with Crippen molar-refractivity contribution in [2.75, 3.05) is 5.73 Å². The summed E-state index contributed by atoms with van der Waals surface area (Å²) < 4.78 is 1.83. The molecule has 1 aromatic carbocycles. The summed E-state index contributed by atoms with van der Waals surface area (Å²) in [5, 5.41) is 2.01. The third-order valence-corrected chi connectivity index (χ3v) is 4.38. The number of hydrogen-bond acceptors (Lipinski definition) is 3. The lowest BCUT2D eigenvalue weighted by Crippen LogP contribution is -2.12. The summed E-state index contributed by atoms with van der Waals surface area (Å²) in [4.78, 5) is 1.11. The zero-order chi connectivity index (χ0) is 11.7. The first kappa shape index (κ1) is 12.1. The molecule has 1 atom stereocenters. The van der Waals surface area contributed by atoms with Gasteiger partial charge in [0.15, 0.2) is 0 Å². The van der Waals surface area contributed by atoms with Crippen LogP contribution in [0.25, 0.3) is 0 Å². The van der Waals surface area contributed by atoms with Crippen LogP contribution in [0.15, 0.2) is 38.6 Å². The maximum atomic E-state index is 6.19. The molecule has 16 heavy (non-hydrogen) atoms. The molecule has 0 radical (unpaired) electrons.